The number of rotatable bonds is 4. The zero-order chi connectivity index (χ0) is 23.8. The Kier molecular flexibility index (Phi) is 5.65. The summed E-state index contributed by atoms with van der Waals surface area (Å²) < 4.78 is 2.95. The minimum Gasteiger partial charge on any atom is -0.368 e. The maximum atomic E-state index is 13.4. The van der Waals surface area contributed by atoms with Crippen LogP contribution in [-0.2, 0) is 11.3 Å². The molecular formula is C26H28N6O2. The minimum absolute atomic E-state index is 0.0843. The molecule has 3 heterocycles. The number of carbonyl (C=O) groups is 1. The van der Waals surface area contributed by atoms with Gasteiger partial charge in [0.05, 0.1) is 17.6 Å². The monoisotopic (exact) mass is 456 g/mol. The number of para-hydroxylation sites is 1. The van der Waals surface area contributed by atoms with E-state index in [9.17, 15) is 9.59 Å². The predicted molar refractivity (Wildman–Crippen MR) is 133 cm³/mol. The third-order valence-corrected chi connectivity index (χ3v) is 6.49. The summed E-state index contributed by atoms with van der Waals surface area (Å²) in [5, 5.41) is 9.62. The van der Waals surface area contributed by atoms with Crippen molar-refractivity contribution in [1.82, 2.24) is 24.5 Å². The zero-order valence-electron chi connectivity index (χ0n) is 19.7. The Morgan fingerprint density at radius 1 is 0.971 bits per heavy atom. The van der Waals surface area contributed by atoms with E-state index >= 15 is 0 Å². The first-order valence-electron chi connectivity index (χ1n) is 11.5. The standard InChI is InChI=1S/C26H28N6O2/c1-18-9-10-23(19(2)15-18)32-25-22(16-27-32)20(3)28-31(26(25)34)17-24(33)30-13-11-29(12-14-30)21-7-5-4-6-8-21/h4-10,15-16H,11-14,17H2,1-3H3. The van der Waals surface area contributed by atoms with Crippen molar-refractivity contribution in [1.29, 1.82) is 0 Å². The summed E-state index contributed by atoms with van der Waals surface area (Å²) >= 11 is 0. The first-order valence-corrected chi connectivity index (χ1v) is 11.5. The van der Waals surface area contributed by atoms with Crippen LogP contribution in [0.4, 0.5) is 5.69 Å². The van der Waals surface area contributed by atoms with Gasteiger partial charge >= 0.3 is 0 Å². The minimum atomic E-state index is -0.311. The van der Waals surface area contributed by atoms with Crippen molar-refractivity contribution in [2.75, 3.05) is 31.1 Å². The fourth-order valence-electron chi connectivity index (χ4n) is 4.64. The van der Waals surface area contributed by atoms with Crippen LogP contribution in [0.3, 0.4) is 0 Å². The van der Waals surface area contributed by atoms with Gasteiger partial charge in [0.15, 0.2) is 0 Å². The maximum absolute atomic E-state index is 13.4. The highest BCUT2D eigenvalue weighted by atomic mass is 16.2. The number of benzene rings is 2. The van der Waals surface area contributed by atoms with E-state index in [0.717, 1.165) is 35.6 Å². The third kappa shape index (κ3) is 3.96. The van der Waals surface area contributed by atoms with E-state index in [-0.39, 0.29) is 18.0 Å². The van der Waals surface area contributed by atoms with Gasteiger partial charge in [0.25, 0.3) is 5.56 Å². The van der Waals surface area contributed by atoms with Gasteiger partial charge in [-0.15, -0.1) is 0 Å². The van der Waals surface area contributed by atoms with Gasteiger partial charge < -0.3 is 9.80 Å². The number of fused-ring (bicyclic) bond motifs is 1. The van der Waals surface area contributed by atoms with Gasteiger partial charge in [0, 0.05) is 37.3 Å². The second kappa shape index (κ2) is 8.78. The molecule has 1 aliphatic rings. The molecule has 1 fully saturated rings. The highest BCUT2D eigenvalue weighted by molar-refractivity contribution is 5.82. The number of carbonyl (C=O) groups excluding carboxylic acids is 1. The molecule has 1 aliphatic heterocycles. The summed E-state index contributed by atoms with van der Waals surface area (Å²) in [5.74, 6) is -0.0985. The van der Waals surface area contributed by atoms with Gasteiger partial charge in [-0.1, -0.05) is 35.9 Å². The largest absolute Gasteiger partial charge is 0.368 e. The first-order chi connectivity index (χ1) is 16.4. The Hall–Kier alpha value is -3.94. The number of anilines is 1. The molecule has 34 heavy (non-hydrogen) atoms. The molecule has 0 aliphatic carbocycles. The lowest BCUT2D eigenvalue weighted by molar-refractivity contribution is -0.132. The number of hydrogen-bond donors (Lipinski definition) is 0. The van der Waals surface area contributed by atoms with E-state index in [2.05, 4.69) is 33.3 Å². The van der Waals surface area contributed by atoms with Gasteiger partial charge in [-0.3, -0.25) is 9.59 Å². The Morgan fingerprint density at radius 3 is 2.41 bits per heavy atom. The summed E-state index contributed by atoms with van der Waals surface area (Å²) in [6.45, 7) is 8.54. The summed E-state index contributed by atoms with van der Waals surface area (Å²) in [4.78, 5) is 30.6. The molecule has 0 saturated carbocycles. The molecule has 0 unspecified atom stereocenters. The van der Waals surface area contributed by atoms with Crippen LogP contribution in [0.15, 0.2) is 59.5 Å². The van der Waals surface area contributed by atoms with Crippen LogP contribution in [0, 0.1) is 20.8 Å². The molecule has 0 radical (unpaired) electrons. The van der Waals surface area contributed by atoms with E-state index < -0.39 is 0 Å². The highest BCUT2D eigenvalue weighted by Gasteiger charge is 2.23. The van der Waals surface area contributed by atoms with E-state index in [4.69, 9.17) is 0 Å². The number of aryl methyl sites for hydroxylation is 3. The Bertz CT molecular complexity index is 1410. The Morgan fingerprint density at radius 2 is 1.71 bits per heavy atom. The quantitative estimate of drug-likeness (QED) is 0.472. The number of aromatic nitrogens is 4. The fourth-order valence-corrected chi connectivity index (χ4v) is 4.64. The summed E-state index contributed by atoms with van der Waals surface area (Å²) in [6, 6.07) is 16.2. The Labute approximate surface area is 198 Å². The summed E-state index contributed by atoms with van der Waals surface area (Å²) in [5.41, 5.74) is 4.98. The van der Waals surface area contributed by atoms with Crippen molar-refractivity contribution in [2.24, 2.45) is 0 Å². The molecule has 0 spiro atoms. The molecule has 8 nitrogen and oxygen atoms in total. The van der Waals surface area contributed by atoms with E-state index in [1.54, 1.807) is 10.9 Å². The third-order valence-electron chi connectivity index (χ3n) is 6.49. The molecule has 0 bridgehead atoms. The molecule has 2 aromatic carbocycles. The highest BCUT2D eigenvalue weighted by Crippen LogP contribution is 2.21. The molecule has 1 saturated heterocycles. The SMILES string of the molecule is Cc1ccc(-n2ncc3c(C)nn(CC(=O)N4CCN(c5ccccc5)CC4)c(=O)c32)c(C)c1. The molecule has 5 rings (SSSR count). The lowest BCUT2D eigenvalue weighted by Gasteiger charge is -2.36. The molecular weight excluding hydrogens is 428 g/mol. The number of hydrogen-bond acceptors (Lipinski definition) is 5. The smallest absolute Gasteiger partial charge is 0.293 e. The van der Waals surface area contributed by atoms with Crippen molar-refractivity contribution in [3.63, 3.8) is 0 Å². The second-order valence-electron chi connectivity index (χ2n) is 8.86. The van der Waals surface area contributed by atoms with Gasteiger partial charge in [0.1, 0.15) is 12.1 Å². The van der Waals surface area contributed by atoms with Gasteiger partial charge in [-0.2, -0.15) is 10.2 Å². The van der Waals surface area contributed by atoms with Crippen molar-refractivity contribution >= 4 is 22.5 Å². The molecule has 174 valence electrons. The van der Waals surface area contributed by atoms with Crippen LogP contribution < -0.4 is 10.5 Å². The van der Waals surface area contributed by atoms with Crippen LogP contribution in [0.1, 0.15) is 16.8 Å². The van der Waals surface area contributed by atoms with Crippen LogP contribution in [0.25, 0.3) is 16.6 Å². The lowest BCUT2D eigenvalue weighted by atomic mass is 10.1. The van der Waals surface area contributed by atoms with Gasteiger partial charge in [-0.05, 0) is 44.5 Å². The number of amides is 1. The van der Waals surface area contributed by atoms with E-state index in [1.165, 1.54) is 4.68 Å². The number of piperazine rings is 1. The summed E-state index contributed by atoms with van der Waals surface area (Å²) in [6.07, 6.45) is 1.67. The van der Waals surface area contributed by atoms with Crippen molar-refractivity contribution in [3.8, 4) is 5.69 Å². The molecule has 4 aromatic rings. The van der Waals surface area contributed by atoms with Crippen LogP contribution >= 0.6 is 0 Å². The van der Waals surface area contributed by atoms with Crippen molar-refractivity contribution in [2.45, 2.75) is 27.3 Å². The molecule has 0 atom stereocenters. The normalized spacial score (nSPS) is 14.1. The van der Waals surface area contributed by atoms with E-state index in [0.29, 0.717) is 29.7 Å². The van der Waals surface area contributed by atoms with Gasteiger partial charge in [-0.25, -0.2) is 9.36 Å². The molecule has 1 amide bonds. The predicted octanol–water partition coefficient (Wildman–Crippen LogP) is 2.86. The molecule has 0 N–H and O–H groups in total. The zero-order valence-corrected chi connectivity index (χ0v) is 19.7. The van der Waals surface area contributed by atoms with Crippen LogP contribution in [0.5, 0.6) is 0 Å². The second-order valence-corrected chi connectivity index (χ2v) is 8.86. The average molecular weight is 457 g/mol. The van der Waals surface area contributed by atoms with Crippen LogP contribution in [-0.4, -0.2) is 56.5 Å². The van der Waals surface area contributed by atoms with Crippen LogP contribution in [0.2, 0.25) is 0 Å². The average Bonchev–Trinajstić information content (AvgIpc) is 3.29. The maximum Gasteiger partial charge on any atom is 0.293 e. The van der Waals surface area contributed by atoms with Gasteiger partial charge in [0.2, 0.25) is 5.91 Å². The lowest BCUT2D eigenvalue weighted by Crippen LogP contribution is -2.50. The molecule has 8 heteroatoms. The molecule has 2 aromatic heterocycles. The number of nitrogens with zero attached hydrogens (tertiary/aromatic N) is 6. The van der Waals surface area contributed by atoms with E-state index in [1.807, 2.05) is 56.0 Å². The topological polar surface area (TPSA) is 76.3 Å². The first kappa shape index (κ1) is 21.9. The summed E-state index contributed by atoms with van der Waals surface area (Å²) in [7, 11) is 0. The Balaban J connectivity index is 1.40. The fraction of sp³-hybridized carbons (Fsp3) is 0.308. The van der Waals surface area contributed by atoms with Crippen molar-refractivity contribution in [3.05, 3.63) is 81.9 Å². The van der Waals surface area contributed by atoms with Crippen molar-refractivity contribution < 1.29 is 4.79 Å².